The van der Waals surface area contributed by atoms with Gasteiger partial charge in [-0.15, -0.1) is 0 Å². The standard InChI is InChI=1S/C13H18Br2O/c1-2-3-4-5-6-10-16-12-9-7-8-11(14)13(12)15/h7-9H,2-6,10H2,1H3. The first-order chi connectivity index (χ1) is 7.75. The molecular formula is C13H18Br2O. The Bertz CT molecular complexity index is 313. The van der Waals surface area contributed by atoms with E-state index >= 15 is 0 Å². The molecule has 0 aromatic heterocycles. The Morgan fingerprint density at radius 1 is 1.06 bits per heavy atom. The topological polar surface area (TPSA) is 9.23 Å². The van der Waals surface area contributed by atoms with Gasteiger partial charge in [0.25, 0.3) is 0 Å². The van der Waals surface area contributed by atoms with Gasteiger partial charge in [-0.05, 0) is 50.4 Å². The Kier molecular flexibility index (Phi) is 7.13. The fourth-order valence-corrected chi connectivity index (χ4v) is 2.21. The Morgan fingerprint density at radius 2 is 1.81 bits per heavy atom. The van der Waals surface area contributed by atoms with Gasteiger partial charge >= 0.3 is 0 Å². The van der Waals surface area contributed by atoms with E-state index in [2.05, 4.69) is 38.8 Å². The molecule has 0 fully saturated rings. The average molecular weight is 350 g/mol. The third-order valence-corrected chi connectivity index (χ3v) is 4.43. The average Bonchev–Trinajstić information content (AvgIpc) is 2.29. The lowest BCUT2D eigenvalue weighted by atomic mass is 10.2. The Hall–Kier alpha value is -0.0200. The lowest BCUT2D eigenvalue weighted by molar-refractivity contribution is 0.302. The molecule has 0 unspecified atom stereocenters. The lowest BCUT2D eigenvalue weighted by Gasteiger charge is -2.08. The molecule has 0 radical (unpaired) electrons. The second kappa shape index (κ2) is 8.13. The van der Waals surface area contributed by atoms with Crippen LogP contribution in [0.5, 0.6) is 5.75 Å². The van der Waals surface area contributed by atoms with Crippen LogP contribution in [0.1, 0.15) is 39.0 Å². The van der Waals surface area contributed by atoms with Crippen LogP contribution >= 0.6 is 31.9 Å². The summed E-state index contributed by atoms with van der Waals surface area (Å²) in [5.74, 6) is 0.921. The van der Waals surface area contributed by atoms with E-state index in [0.717, 1.165) is 27.7 Å². The van der Waals surface area contributed by atoms with Crippen molar-refractivity contribution in [2.75, 3.05) is 6.61 Å². The van der Waals surface area contributed by atoms with Gasteiger partial charge in [-0.1, -0.05) is 38.7 Å². The molecule has 1 nitrogen and oxygen atoms in total. The minimum Gasteiger partial charge on any atom is -0.492 e. The monoisotopic (exact) mass is 348 g/mol. The molecule has 16 heavy (non-hydrogen) atoms. The van der Waals surface area contributed by atoms with E-state index < -0.39 is 0 Å². The molecule has 0 saturated heterocycles. The highest BCUT2D eigenvalue weighted by Crippen LogP contribution is 2.32. The summed E-state index contributed by atoms with van der Waals surface area (Å²) in [4.78, 5) is 0. The van der Waals surface area contributed by atoms with Crippen LogP contribution in [0.4, 0.5) is 0 Å². The highest BCUT2D eigenvalue weighted by molar-refractivity contribution is 9.13. The Labute approximate surface area is 115 Å². The van der Waals surface area contributed by atoms with Crippen molar-refractivity contribution in [2.24, 2.45) is 0 Å². The van der Waals surface area contributed by atoms with Crippen LogP contribution in [0, 0.1) is 0 Å². The molecule has 0 N–H and O–H groups in total. The van der Waals surface area contributed by atoms with Crippen molar-refractivity contribution in [3.05, 3.63) is 27.1 Å². The highest BCUT2D eigenvalue weighted by atomic mass is 79.9. The number of rotatable bonds is 7. The summed E-state index contributed by atoms with van der Waals surface area (Å²) in [7, 11) is 0. The maximum absolute atomic E-state index is 5.72. The molecule has 0 aliphatic rings. The zero-order valence-corrected chi connectivity index (χ0v) is 12.8. The molecule has 0 amide bonds. The number of hydrogen-bond donors (Lipinski definition) is 0. The van der Waals surface area contributed by atoms with Crippen molar-refractivity contribution >= 4 is 31.9 Å². The van der Waals surface area contributed by atoms with Gasteiger partial charge in [0, 0.05) is 4.47 Å². The third kappa shape index (κ3) is 4.88. The maximum atomic E-state index is 5.72. The Morgan fingerprint density at radius 3 is 2.56 bits per heavy atom. The van der Waals surface area contributed by atoms with Crippen molar-refractivity contribution < 1.29 is 4.74 Å². The molecule has 0 aliphatic carbocycles. The fourth-order valence-electron chi connectivity index (χ4n) is 1.48. The number of halogens is 2. The highest BCUT2D eigenvalue weighted by Gasteiger charge is 2.03. The van der Waals surface area contributed by atoms with Gasteiger partial charge < -0.3 is 4.74 Å². The summed E-state index contributed by atoms with van der Waals surface area (Å²) in [6.45, 7) is 3.04. The van der Waals surface area contributed by atoms with Crippen LogP contribution in [0.3, 0.4) is 0 Å². The fraction of sp³-hybridized carbons (Fsp3) is 0.538. The summed E-state index contributed by atoms with van der Waals surface area (Å²) in [6.07, 6.45) is 6.34. The summed E-state index contributed by atoms with van der Waals surface area (Å²) in [5, 5.41) is 0. The van der Waals surface area contributed by atoms with E-state index in [1.807, 2.05) is 18.2 Å². The third-order valence-electron chi connectivity index (χ3n) is 2.42. The maximum Gasteiger partial charge on any atom is 0.134 e. The van der Waals surface area contributed by atoms with Crippen LogP contribution in [0.15, 0.2) is 27.1 Å². The van der Waals surface area contributed by atoms with Crippen LogP contribution in [0.25, 0.3) is 0 Å². The molecule has 1 rings (SSSR count). The first-order valence-electron chi connectivity index (χ1n) is 5.82. The molecule has 0 spiro atoms. The first kappa shape index (κ1) is 14.0. The Balaban J connectivity index is 2.24. The van der Waals surface area contributed by atoms with Crippen LogP contribution in [-0.2, 0) is 0 Å². The number of hydrogen-bond acceptors (Lipinski definition) is 1. The molecule has 1 aromatic carbocycles. The smallest absolute Gasteiger partial charge is 0.134 e. The second-order valence-electron chi connectivity index (χ2n) is 3.81. The molecule has 0 aliphatic heterocycles. The van der Waals surface area contributed by atoms with Gasteiger partial charge in [0.05, 0.1) is 11.1 Å². The van der Waals surface area contributed by atoms with E-state index in [9.17, 15) is 0 Å². The zero-order valence-electron chi connectivity index (χ0n) is 9.64. The van der Waals surface area contributed by atoms with Crippen LogP contribution < -0.4 is 4.74 Å². The summed E-state index contributed by atoms with van der Waals surface area (Å²) in [6, 6.07) is 5.97. The lowest BCUT2D eigenvalue weighted by Crippen LogP contribution is -1.98. The minimum atomic E-state index is 0.804. The van der Waals surface area contributed by atoms with Gasteiger partial charge in [-0.25, -0.2) is 0 Å². The predicted molar refractivity (Wildman–Crippen MR) is 76.1 cm³/mol. The quantitative estimate of drug-likeness (QED) is 0.585. The summed E-state index contributed by atoms with van der Waals surface area (Å²) < 4.78 is 7.76. The van der Waals surface area contributed by atoms with Gasteiger partial charge in [-0.3, -0.25) is 0 Å². The number of ether oxygens (including phenoxy) is 1. The minimum absolute atomic E-state index is 0.804. The molecule has 3 heteroatoms. The molecule has 0 bridgehead atoms. The van der Waals surface area contributed by atoms with E-state index in [4.69, 9.17) is 4.74 Å². The second-order valence-corrected chi connectivity index (χ2v) is 5.46. The SMILES string of the molecule is CCCCCCCOc1cccc(Br)c1Br. The van der Waals surface area contributed by atoms with Gasteiger partial charge in [0.1, 0.15) is 5.75 Å². The van der Waals surface area contributed by atoms with Crippen LogP contribution in [-0.4, -0.2) is 6.61 Å². The van der Waals surface area contributed by atoms with Crippen molar-refractivity contribution in [3.8, 4) is 5.75 Å². The number of benzene rings is 1. The van der Waals surface area contributed by atoms with E-state index in [1.165, 1.54) is 25.7 Å². The van der Waals surface area contributed by atoms with Crippen molar-refractivity contribution in [2.45, 2.75) is 39.0 Å². The predicted octanol–water partition coefficient (Wildman–Crippen LogP) is 5.56. The van der Waals surface area contributed by atoms with Gasteiger partial charge in [0.2, 0.25) is 0 Å². The zero-order chi connectivity index (χ0) is 11.8. The van der Waals surface area contributed by atoms with Crippen LogP contribution in [0.2, 0.25) is 0 Å². The normalized spacial score (nSPS) is 10.4. The summed E-state index contributed by atoms with van der Waals surface area (Å²) >= 11 is 6.96. The molecular weight excluding hydrogens is 332 g/mol. The molecule has 0 saturated carbocycles. The van der Waals surface area contributed by atoms with Crippen molar-refractivity contribution in [1.29, 1.82) is 0 Å². The summed E-state index contributed by atoms with van der Waals surface area (Å²) in [5.41, 5.74) is 0. The van der Waals surface area contributed by atoms with Crippen molar-refractivity contribution in [1.82, 2.24) is 0 Å². The van der Waals surface area contributed by atoms with Crippen molar-refractivity contribution in [3.63, 3.8) is 0 Å². The molecule has 1 aromatic rings. The van der Waals surface area contributed by atoms with E-state index in [-0.39, 0.29) is 0 Å². The first-order valence-corrected chi connectivity index (χ1v) is 7.41. The van der Waals surface area contributed by atoms with Gasteiger partial charge in [0.15, 0.2) is 0 Å². The van der Waals surface area contributed by atoms with Gasteiger partial charge in [-0.2, -0.15) is 0 Å². The van der Waals surface area contributed by atoms with E-state index in [1.54, 1.807) is 0 Å². The molecule has 0 atom stereocenters. The molecule has 90 valence electrons. The van der Waals surface area contributed by atoms with E-state index in [0.29, 0.717) is 0 Å². The number of unbranched alkanes of at least 4 members (excludes halogenated alkanes) is 4. The largest absolute Gasteiger partial charge is 0.492 e. The molecule has 0 heterocycles.